The van der Waals surface area contributed by atoms with E-state index in [0.29, 0.717) is 12.5 Å². The lowest BCUT2D eigenvalue weighted by Gasteiger charge is -2.21. The highest BCUT2D eigenvalue weighted by atomic mass is 16.6. The summed E-state index contributed by atoms with van der Waals surface area (Å²) in [5.41, 5.74) is 3.90. The molecule has 126 valence electrons. The Morgan fingerprint density at radius 3 is 2.70 bits per heavy atom. The van der Waals surface area contributed by atoms with Crippen LogP contribution >= 0.6 is 0 Å². The zero-order valence-corrected chi connectivity index (χ0v) is 12.9. The minimum Gasteiger partial charge on any atom is -0.381 e. The fourth-order valence-corrected chi connectivity index (χ4v) is 2.81. The Bertz CT molecular complexity index is 634. The largest absolute Gasteiger partial charge is 0.381 e. The molecule has 1 aliphatic rings. The van der Waals surface area contributed by atoms with E-state index in [1.807, 2.05) is 0 Å². The summed E-state index contributed by atoms with van der Waals surface area (Å²) in [6.45, 7) is 1.94. The fourth-order valence-electron chi connectivity index (χ4n) is 2.81. The van der Waals surface area contributed by atoms with Crippen molar-refractivity contribution < 1.29 is 14.5 Å². The number of amides is 1. The van der Waals surface area contributed by atoms with Gasteiger partial charge in [0, 0.05) is 25.8 Å². The summed E-state index contributed by atoms with van der Waals surface area (Å²) in [5, 5.41) is 10.9. The van der Waals surface area contributed by atoms with Gasteiger partial charge in [-0.2, -0.15) is 0 Å². The second-order valence-electron chi connectivity index (χ2n) is 5.78. The lowest BCUT2D eigenvalue weighted by molar-refractivity contribution is -0.385. The number of hydrogen-bond donors (Lipinski definition) is 1. The van der Waals surface area contributed by atoms with Gasteiger partial charge in [0.05, 0.1) is 11.1 Å². The van der Waals surface area contributed by atoms with Crippen molar-refractivity contribution >= 4 is 11.6 Å². The van der Waals surface area contributed by atoms with Gasteiger partial charge < -0.3 is 15.0 Å². The molecule has 2 N–H and O–H groups in total. The number of carbonyl (C=O) groups excluding carboxylic acids is 1. The number of nitrogens with zero attached hydrogens (tertiary/aromatic N) is 2. The number of unbranched alkanes of at least 4 members (excludes halogenated alkanes) is 1. The van der Waals surface area contributed by atoms with Crippen LogP contribution in [-0.2, 0) is 11.3 Å². The molecule has 2 heterocycles. The van der Waals surface area contributed by atoms with Crippen molar-refractivity contribution in [1.29, 1.82) is 0 Å². The van der Waals surface area contributed by atoms with E-state index in [-0.39, 0.29) is 11.3 Å². The molecule has 1 fully saturated rings. The van der Waals surface area contributed by atoms with Crippen LogP contribution in [0.5, 0.6) is 0 Å². The summed E-state index contributed by atoms with van der Waals surface area (Å²) in [7, 11) is 0. The molecule has 0 radical (unpaired) electrons. The van der Waals surface area contributed by atoms with Gasteiger partial charge in [0.15, 0.2) is 0 Å². The minimum atomic E-state index is -0.949. The van der Waals surface area contributed by atoms with Gasteiger partial charge in [0.25, 0.3) is 17.2 Å². The summed E-state index contributed by atoms with van der Waals surface area (Å²) in [4.78, 5) is 33.6. The number of primary amides is 1. The van der Waals surface area contributed by atoms with E-state index in [1.165, 1.54) is 10.8 Å². The number of rotatable bonds is 7. The molecule has 1 saturated heterocycles. The molecule has 0 unspecified atom stereocenters. The summed E-state index contributed by atoms with van der Waals surface area (Å²) in [6.07, 6.45) is 5.98. The highest BCUT2D eigenvalue weighted by molar-refractivity contribution is 5.92. The molecule has 23 heavy (non-hydrogen) atoms. The van der Waals surface area contributed by atoms with Gasteiger partial charge >= 0.3 is 0 Å². The smallest absolute Gasteiger partial charge is 0.286 e. The molecular weight excluding hydrogens is 302 g/mol. The molecular formula is C15H21N3O5. The van der Waals surface area contributed by atoms with E-state index >= 15 is 0 Å². The van der Waals surface area contributed by atoms with Gasteiger partial charge in [-0.25, -0.2) is 0 Å². The maximum absolute atomic E-state index is 12.1. The molecule has 0 aromatic carbocycles. The molecule has 8 nitrogen and oxygen atoms in total. The van der Waals surface area contributed by atoms with Crippen molar-refractivity contribution in [3.63, 3.8) is 0 Å². The van der Waals surface area contributed by atoms with Crippen LogP contribution in [-0.4, -0.2) is 28.6 Å². The maximum Gasteiger partial charge on any atom is 0.286 e. The van der Waals surface area contributed by atoms with E-state index in [1.54, 1.807) is 0 Å². The van der Waals surface area contributed by atoms with Crippen LogP contribution < -0.4 is 11.3 Å². The number of aromatic nitrogens is 1. The number of nitro groups is 1. The number of nitrogens with two attached hydrogens (primary N) is 1. The summed E-state index contributed by atoms with van der Waals surface area (Å²) < 4.78 is 6.52. The van der Waals surface area contributed by atoms with Gasteiger partial charge in [-0.3, -0.25) is 19.7 Å². The Morgan fingerprint density at radius 1 is 1.39 bits per heavy atom. The first kappa shape index (κ1) is 17.1. The Morgan fingerprint density at radius 2 is 2.09 bits per heavy atom. The molecule has 8 heteroatoms. The molecule has 2 rings (SSSR count). The summed E-state index contributed by atoms with van der Waals surface area (Å²) >= 11 is 0. The van der Waals surface area contributed by atoms with Gasteiger partial charge in [-0.05, 0) is 25.2 Å². The average molecular weight is 323 g/mol. The monoisotopic (exact) mass is 323 g/mol. The first-order chi connectivity index (χ1) is 11.0. The second-order valence-corrected chi connectivity index (χ2v) is 5.78. The van der Waals surface area contributed by atoms with Crippen LogP contribution in [0.2, 0.25) is 0 Å². The second kappa shape index (κ2) is 7.87. The van der Waals surface area contributed by atoms with Crippen molar-refractivity contribution in [3.8, 4) is 0 Å². The van der Waals surface area contributed by atoms with Crippen LogP contribution in [0.1, 0.15) is 42.5 Å². The van der Waals surface area contributed by atoms with Crippen molar-refractivity contribution in [2.45, 2.75) is 38.6 Å². The number of carbonyl (C=O) groups is 1. The van der Waals surface area contributed by atoms with Crippen LogP contribution in [0.4, 0.5) is 5.69 Å². The first-order valence-corrected chi connectivity index (χ1v) is 7.75. The molecule has 0 spiro atoms. The maximum atomic E-state index is 12.1. The van der Waals surface area contributed by atoms with Crippen molar-refractivity contribution in [2.75, 3.05) is 13.2 Å². The summed E-state index contributed by atoms with van der Waals surface area (Å²) in [5.74, 6) is -0.304. The van der Waals surface area contributed by atoms with E-state index in [9.17, 15) is 19.7 Å². The van der Waals surface area contributed by atoms with Crippen LogP contribution in [0.15, 0.2) is 17.1 Å². The summed E-state index contributed by atoms with van der Waals surface area (Å²) in [6, 6.07) is 0.934. The van der Waals surface area contributed by atoms with Gasteiger partial charge in [-0.1, -0.05) is 12.8 Å². The lowest BCUT2D eigenvalue weighted by atomic mass is 9.94. The molecule has 0 bridgehead atoms. The third-order valence-electron chi connectivity index (χ3n) is 4.15. The lowest BCUT2D eigenvalue weighted by Crippen LogP contribution is -2.29. The topological polar surface area (TPSA) is 117 Å². The Labute approximate surface area is 133 Å². The Balaban J connectivity index is 1.99. The number of pyridine rings is 1. The van der Waals surface area contributed by atoms with Crippen molar-refractivity contribution in [2.24, 2.45) is 11.7 Å². The normalized spacial score (nSPS) is 15.5. The van der Waals surface area contributed by atoms with E-state index in [4.69, 9.17) is 10.5 Å². The van der Waals surface area contributed by atoms with Crippen LogP contribution in [0.3, 0.4) is 0 Å². The third kappa shape index (κ3) is 4.62. The molecule has 0 saturated carbocycles. The number of hydrogen-bond acceptors (Lipinski definition) is 5. The predicted octanol–water partition coefficient (Wildman–Crippen LogP) is 1.45. The molecule has 1 aromatic rings. The van der Waals surface area contributed by atoms with Gasteiger partial charge in [0.1, 0.15) is 5.56 Å². The molecule has 0 atom stereocenters. The highest BCUT2D eigenvalue weighted by Gasteiger charge is 2.17. The molecule has 1 amide bonds. The molecule has 0 aliphatic carbocycles. The Hall–Kier alpha value is -2.22. The Kier molecular flexibility index (Phi) is 5.86. The quantitative estimate of drug-likeness (QED) is 0.463. The number of ether oxygens (including phenoxy) is 1. The minimum absolute atomic E-state index is 0.303. The average Bonchev–Trinajstić information content (AvgIpc) is 2.53. The fraction of sp³-hybridized carbons (Fsp3) is 0.600. The zero-order chi connectivity index (χ0) is 16.8. The van der Waals surface area contributed by atoms with Crippen molar-refractivity contribution in [3.05, 3.63) is 38.3 Å². The van der Waals surface area contributed by atoms with Crippen LogP contribution in [0.25, 0.3) is 0 Å². The SMILES string of the molecule is NC(=O)c1cc([N+](=O)[O-])cn(CCCCC2CCOCC2)c1=O. The van der Waals surface area contributed by atoms with Gasteiger partial charge in [0.2, 0.25) is 0 Å². The van der Waals surface area contributed by atoms with Crippen LogP contribution in [0, 0.1) is 16.0 Å². The standard InChI is InChI=1S/C15H21N3O5/c16-14(19)13-9-12(18(21)22)10-17(15(13)20)6-2-1-3-11-4-7-23-8-5-11/h9-11H,1-8H2,(H2,16,19). The van der Waals surface area contributed by atoms with E-state index in [2.05, 4.69) is 0 Å². The molecule has 1 aromatic heterocycles. The van der Waals surface area contributed by atoms with Crippen molar-refractivity contribution in [1.82, 2.24) is 4.57 Å². The van der Waals surface area contributed by atoms with Gasteiger partial charge in [-0.15, -0.1) is 0 Å². The zero-order valence-electron chi connectivity index (χ0n) is 12.9. The predicted molar refractivity (Wildman–Crippen MR) is 83.3 cm³/mol. The molecule has 1 aliphatic heterocycles. The highest BCUT2D eigenvalue weighted by Crippen LogP contribution is 2.21. The van der Waals surface area contributed by atoms with E-state index < -0.39 is 16.4 Å². The first-order valence-electron chi connectivity index (χ1n) is 7.75. The van der Waals surface area contributed by atoms with E-state index in [0.717, 1.165) is 51.4 Å². The number of aryl methyl sites for hydroxylation is 1. The third-order valence-corrected chi connectivity index (χ3v) is 4.15.